The van der Waals surface area contributed by atoms with Crippen molar-refractivity contribution in [1.29, 1.82) is 0 Å². The molecule has 152 valence electrons. The van der Waals surface area contributed by atoms with Crippen LogP contribution in [-0.2, 0) is 22.6 Å². The first-order valence-electron chi connectivity index (χ1n) is 9.42. The van der Waals surface area contributed by atoms with Crippen LogP contribution in [-0.4, -0.2) is 43.4 Å². The molecule has 2 amide bonds. The molecule has 1 fully saturated rings. The topological polar surface area (TPSA) is 84.9 Å². The Kier molecular flexibility index (Phi) is 6.49. The molecular formula is C22H24N2O5. The number of likely N-dealkylation sites (tertiary alicyclic amines) is 1. The lowest BCUT2D eigenvalue weighted by molar-refractivity contribution is -0.128. The number of methoxy groups -OCH3 is 2. The van der Waals surface area contributed by atoms with Gasteiger partial charge < -0.3 is 19.7 Å². The summed E-state index contributed by atoms with van der Waals surface area (Å²) < 4.78 is 9.95. The zero-order chi connectivity index (χ0) is 20.8. The summed E-state index contributed by atoms with van der Waals surface area (Å²) in [6.45, 7) is 1.53. The number of hydrogen-bond donors (Lipinski definition) is 1. The number of benzene rings is 2. The van der Waals surface area contributed by atoms with Crippen LogP contribution in [0.2, 0.25) is 0 Å². The molecule has 0 saturated carbocycles. The summed E-state index contributed by atoms with van der Waals surface area (Å²) in [5.74, 6) is -0.161. The van der Waals surface area contributed by atoms with E-state index in [4.69, 9.17) is 9.47 Å². The Hall–Kier alpha value is -3.35. The molecule has 0 spiro atoms. The number of ether oxygens (including phenoxy) is 2. The zero-order valence-electron chi connectivity index (χ0n) is 16.6. The Morgan fingerprint density at radius 2 is 1.93 bits per heavy atom. The monoisotopic (exact) mass is 396 g/mol. The third kappa shape index (κ3) is 4.93. The van der Waals surface area contributed by atoms with Gasteiger partial charge in [-0.1, -0.05) is 18.2 Å². The molecule has 0 aliphatic carbocycles. The van der Waals surface area contributed by atoms with Gasteiger partial charge in [0.05, 0.1) is 14.2 Å². The van der Waals surface area contributed by atoms with Gasteiger partial charge in [-0.15, -0.1) is 0 Å². The molecule has 0 aromatic heterocycles. The largest absolute Gasteiger partial charge is 0.496 e. The highest BCUT2D eigenvalue weighted by Crippen LogP contribution is 2.21. The van der Waals surface area contributed by atoms with Crippen molar-refractivity contribution in [3.8, 4) is 5.75 Å². The van der Waals surface area contributed by atoms with E-state index >= 15 is 0 Å². The van der Waals surface area contributed by atoms with Crippen molar-refractivity contribution in [1.82, 2.24) is 10.2 Å². The summed E-state index contributed by atoms with van der Waals surface area (Å²) in [7, 11) is 2.78. The van der Waals surface area contributed by atoms with Crippen molar-refractivity contribution >= 4 is 17.8 Å². The molecule has 2 aromatic rings. The second-order valence-corrected chi connectivity index (χ2v) is 6.83. The van der Waals surface area contributed by atoms with Gasteiger partial charge in [-0.2, -0.15) is 0 Å². The minimum atomic E-state index is -0.501. The van der Waals surface area contributed by atoms with Crippen molar-refractivity contribution < 1.29 is 23.9 Å². The van der Waals surface area contributed by atoms with E-state index < -0.39 is 5.97 Å². The second-order valence-electron chi connectivity index (χ2n) is 6.83. The molecular weight excluding hydrogens is 372 g/mol. The Morgan fingerprint density at radius 3 is 2.62 bits per heavy atom. The van der Waals surface area contributed by atoms with Crippen LogP contribution in [0.25, 0.3) is 0 Å². The molecule has 1 aliphatic heterocycles. The lowest BCUT2D eigenvalue weighted by Crippen LogP contribution is -2.25. The van der Waals surface area contributed by atoms with Crippen LogP contribution < -0.4 is 10.1 Å². The predicted octanol–water partition coefficient (Wildman–Crippen LogP) is 2.53. The number of carbonyl (C=O) groups is 3. The Balaban J connectivity index is 1.66. The fraction of sp³-hybridized carbons (Fsp3) is 0.318. The average molecular weight is 396 g/mol. The smallest absolute Gasteiger partial charge is 0.341 e. The Morgan fingerprint density at radius 1 is 1.10 bits per heavy atom. The molecule has 7 nitrogen and oxygen atoms in total. The minimum Gasteiger partial charge on any atom is -0.496 e. The highest BCUT2D eigenvalue weighted by molar-refractivity contribution is 5.94. The first-order valence-corrected chi connectivity index (χ1v) is 9.42. The van der Waals surface area contributed by atoms with E-state index in [1.54, 1.807) is 30.3 Å². The van der Waals surface area contributed by atoms with Crippen LogP contribution >= 0.6 is 0 Å². The lowest BCUT2D eigenvalue weighted by Gasteiger charge is -2.16. The van der Waals surface area contributed by atoms with Crippen molar-refractivity contribution in [2.45, 2.75) is 25.9 Å². The SMILES string of the molecule is COC(=O)c1cc(CNC(=O)c2cccc(CN3CCCC3=O)c2)ccc1OC. The molecule has 1 saturated heterocycles. The Labute approximate surface area is 169 Å². The van der Waals surface area contributed by atoms with Gasteiger partial charge in [-0.25, -0.2) is 4.79 Å². The summed E-state index contributed by atoms with van der Waals surface area (Å²) in [5, 5.41) is 2.85. The number of carbonyl (C=O) groups excluding carboxylic acids is 3. The summed E-state index contributed by atoms with van der Waals surface area (Å²) in [6, 6.07) is 12.3. The predicted molar refractivity (Wildman–Crippen MR) is 107 cm³/mol. The van der Waals surface area contributed by atoms with Gasteiger partial charge in [0.15, 0.2) is 0 Å². The zero-order valence-corrected chi connectivity index (χ0v) is 16.6. The third-order valence-corrected chi connectivity index (χ3v) is 4.86. The fourth-order valence-electron chi connectivity index (χ4n) is 3.32. The van der Waals surface area contributed by atoms with Crippen LogP contribution in [0, 0.1) is 0 Å². The quantitative estimate of drug-likeness (QED) is 0.727. The van der Waals surface area contributed by atoms with Crippen LogP contribution in [0.5, 0.6) is 5.75 Å². The van der Waals surface area contributed by atoms with Crippen molar-refractivity contribution in [2.75, 3.05) is 20.8 Å². The van der Waals surface area contributed by atoms with Crippen LogP contribution in [0.3, 0.4) is 0 Å². The molecule has 0 radical (unpaired) electrons. The van der Waals surface area contributed by atoms with E-state index in [9.17, 15) is 14.4 Å². The lowest BCUT2D eigenvalue weighted by atomic mass is 10.1. The average Bonchev–Trinajstić information content (AvgIpc) is 3.15. The highest BCUT2D eigenvalue weighted by atomic mass is 16.5. The van der Waals surface area contributed by atoms with Gasteiger partial charge in [-0.3, -0.25) is 9.59 Å². The molecule has 1 heterocycles. The molecule has 0 atom stereocenters. The Bertz CT molecular complexity index is 925. The molecule has 0 bridgehead atoms. The van der Waals surface area contributed by atoms with Gasteiger partial charge in [0, 0.05) is 31.6 Å². The summed E-state index contributed by atoms with van der Waals surface area (Å²) in [5.41, 5.74) is 2.50. The van der Waals surface area contributed by atoms with E-state index in [1.807, 2.05) is 17.0 Å². The van der Waals surface area contributed by atoms with E-state index in [0.29, 0.717) is 29.8 Å². The van der Waals surface area contributed by atoms with Crippen LogP contribution in [0.4, 0.5) is 0 Å². The van der Waals surface area contributed by atoms with E-state index in [1.165, 1.54) is 14.2 Å². The van der Waals surface area contributed by atoms with Crippen molar-refractivity contribution in [3.05, 3.63) is 64.7 Å². The first kappa shape index (κ1) is 20.4. The van der Waals surface area contributed by atoms with E-state index in [2.05, 4.69) is 5.32 Å². The summed E-state index contributed by atoms with van der Waals surface area (Å²) >= 11 is 0. The van der Waals surface area contributed by atoms with Gasteiger partial charge >= 0.3 is 5.97 Å². The number of nitrogens with zero attached hydrogens (tertiary/aromatic N) is 1. The number of hydrogen-bond acceptors (Lipinski definition) is 5. The van der Waals surface area contributed by atoms with Gasteiger partial charge in [0.25, 0.3) is 5.91 Å². The summed E-state index contributed by atoms with van der Waals surface area (Å²) in [4.78, 5) is 38.1. The maximum Gasteiger partial charge on any atom is 0.341 e. The number of esters is 1. The summed E-state index contributed by atoms with van der Waals surface area (Å²) in [6.07, 6.45) is 1.48. The molecule has 1 N–H and O–H groups in total. The van der Waals surface area contributed by atoms with E-state index in [0.717, 1.165) is 24.1 Å². The molecule has 29 heavy (non-hydrogen) atoms. The minimum absolute atomic E-state index is 0.153. The number of rotatable bonds is 7. The first-order chi connectivity index (χ1) is 14.0. The fourth-order valence-corrected chi connectivity index (χ4v) is 3.32. The molecule has 3 rings (SSSR count). The highest BCUT2D eigenvalue weighted by Gasteiger charge is 2.20. The van der Waals surface area contributed by atoms with Gasteiger partial charge in [0.1, 0.15) is 11.3 Å². The van der Waals surface area contributed by atoms with Gasteiger partial charge in [0.2, 0.25) is 5.91 Å². The van der Waals surface area contributed by atoms with Gasteiger partial charge in [-0.05, 0) is 41.8 Å². The molecule has 0 unspecified atom stereocenters. The molecule has 2 aromatic carbocycles. The number of amides is 2. The molecule has 7 heteroatoms. The third-order valence-electron chi connectivity index (χ3n) is 4.86. The van der Waals surface area contributed by atoms with E-state index in [-0.39, 0.29) is 18.4 Å². The maximum atomic E-state index is 12.6. The molecule has 1 aliphatic rings. The van der Waals surface area contributed by atoms with Crippen LogP contribution in [0.1, 0.15) is 44.7 Å². The second kappa shape index (κ2) is 9.23. The standard InChI is InChI=1S/C22H24N2O5/c1-28-19-9-8-15(12-18(19)22(27)29-2)13-23-21(26)17-6-3-5-16(11-17)14-24-10-4-7-20(24)25/h3,5-6,8-9,11-12H,4,7,10,13-14H2,1-2H3,(H,23,26). The van der Waals surface area contributed by atoms with Crippen LogP contribution in [0.15, 0.2) is 42.5 Å². The van der Waals surface area contributed by atoms with Crippen molar-refractivity contribution in [3.63, 3.8) is 0 Å². The number of nitrogens with one attached hydrogen (secondary N) is 1. The normalized spacial score (nSPS) is 13.3. The van der Waals surface area contributed by atoms with Crippen molar-refractivity contribution in [2.24, 2.45) is 0 Å². The maximum absolute atomic E-state index is 12.6.